The number of rotatable bonds is 10. The van der Waals surface area contributed by atoms with Gasteiger partial charge in [0, 0.05) is 29.5 Å². The normalized spacial score (nSPS) is 18.7. The average Bonchev–Trinajstić information content (AvgIpc) is 3.62. The molecule has 46 heavy (non-hydrogen) atoms. The third-order valence-electron chi connectivity index (χ3n) is 9.32. The zero-order valence-corrected chi connectivity index (χ0v) is 25.8. The number of benzene rings is 3. The van der Waals surface area contributed by atoms with Crippen LogP contribution in [0.1, 0.15) is 61.5 Å². The molecule has 2 aliphatic carbocycles. The number of carbonyl (C=O) groups is 2. The van der Waals surface area contributed by atoms with Gasteiger partial charge in [0.1, 0.15) is 11.6 Å². The van der Waals surface area contributed by atoms with Crippen LogP contribution in [0.5, 0.6) is 0 Å². The number of nitrogens with zero attached hydrogens (tertiary/aromatic N) is 4. The van der Waals surface area contributed by atoms with Gasteiger partial charge in [-0.15, -0.1) is 10.2 Å². The lowest BCUT2D eigenvalue weighted by atomic mass is 9.81. The Morgan fingerprint density at radius 1 is 0.978 bits per heavy atom. The minimum absolute atomic E-state index is 0.0817. The summed E-state index contributed by atoms with van der Waals surface area (Å²) in [5.74, 6) is 1.74. The number of aromatic amines is 1. The van der Waals surface area contributed by atoms with E-state index in [0.717, 1.165) is 83.3 Å². The molecule has 2 fully saturated rings. The first kappa shape index (κ1) is 29.8. The van der Waals surface area contributed by atoms with Gasteiger partial charge in [-0.25, -0.2) is 4.98 Å². The van der Waals surface area contributed by atoms with Crippen molar-refractivity contribution in [3.63, 3.8) is 0 Å². The highest BCUT2D eigenvalue weighted by atomic mass is 16.3. The molecule has 2 aromatic heterocycles. The number of tetrazole rings is 1. The molecular formula is C35H38N8O3. The first-order valence-electron chi connectivity index (χ1n) is 16.1. The SMILES string of the molecule is Cc1cc2oc(C3CC3)nc2cc1-c1ccc(C[C@H](NC(=O)C2CCC(CN)CC2)C(=O)Nc2ccc(-c3nn[nH]n3)cc2)cc1. The standard InChI is InChI=1S/C35H38N8O3/c1-20-16-31-29(39-35(46-31)26-10-11-26)18-28(20)23-6-2-21(3-7-23)17-30(38-33(44)25-8-4-22(19-36)5-9-25)34(45)37-27-14-12-24(13-15-27)32-40-42-43-41-32/h2-3,6-7,12-16,18,22,25-26,30H,4-5,8-11,17,19,36H2,1H3,(H,37,45)(H,38,44)(H,40,41,42,43)/t22?,25?,30-/m0/s1. The molecule has 2 heterocycles. The summed E-state index contributed by atoms with van der Waals surface area (Å²) in [4.78, 5) is 31.8. The van der Waals surface area contributed by atoms with E-state index in [1.54, 1.807) is 12.1 Å². The molecular weight excluding hydrogens is 580 g/mol. The summed E-state index contributed by atoms with van der Waals surface area (Å²) in [5.41, 5.74) is 13.1. The molecule has 5 N–H and O–H groups in total. The molecule has 0 bridgehead atoms. The van der Waals surface area contributed by atoms with E-state index in [-0.39, 0.29) is 17.7 Å². The Labute approximate surface area is 266 Å². The van der Waals surface area contributed by atoms with Crippen LogP contribution in [0.2, 0.25) is 0 Å². The van der Waals surface area contributed by atoms with Crippen LogP contribution in [-0.2, 0) is 16.0 Å². The molecule has 3 aromatic carbocycles. The number of anilines is 1. The van der Waals surface area contributed by atoms with Gasteiger partial charge in [-0.1, -0.05) is 24.3 Å². The Morgan fingerprint density at radius 2 is 1.72 bits per heavy atom. The topological polar surface area (TPSA) is 165 Å². The summed E-state index contributed by atoms with van der Waals surface area (Å²) < 4.78 is 6.00. The smallest absolute Gasteiger partial charge is 0.247 e. The first-order chi connectivity index (χ1) is 22.4. The molecule has 236 valence electrons. The number of aromatic nitrogens is 5. The maximum Gasteiger partial charge on any atom is 0.247 e. The van der Waals surface area contributed by atoms with Crippen molar-refractivity contribution in [1.82, 2.24) is 30.9 Å². The quantitative estimate of drug-likeness (QED) is 0.164. The molecule has 0 unspecified atom stereocenters. The van der Waals surface area contributed by atoms with E-state index in [1.807, 2.05) is 24.3 Å². The van der Waals surface area contributed by atoms with Gasteiger partial charge in [-0.2, -0.15) is 5.21 Å². The van der Waals surface area contributed by atoms with Crippen LogP contribution in [-0.4, -0.2) is 50.0 Å². The lowest BCUT2D eigenvalue weighted by molar-refractivity contribution is -0.130. The van der Waals surface area contributed by atoms with Crippen LogP contribution in [0.4, 0.5) is 5.69 Å². The second-order valence-corrected chi connectivity index (χ2v) is 12.7. The van der Waals surface area contributed by atoms with E-state index in [2.05, 4.69) is 62.4 Å². The number of oxazole rings is 1. The summed E-state index contributed by atoms with van der Waals surface area (Å²) in [6.07, 6.45) is 6.06. The molecule has 0 saturated heterocycles. The number of hydrogen-bond acceptors (Lipinski definition) is 8. The second-order valence-electron chi connectivity index (χ2n) is 12.7. The van der Waals surface area contributed by atoms with Gasteiger partial charge in [-0.3, -0.25) is 9.59 Å². The number of fused-ring (bicyclic) bond motifs is 1. The van der Waals surface area contributed by atoms with E-state index in [4.69, 9.17) is 15.1 Å². The van der Waals surface area contributed by atoms with Crippen molar-refractivity contribution in [3.05, 3.63) is 77.7 Å². The molecule has 11 heteroatoms. The summed E-state index contributed by atoms with van der Waals surface area (Å²) in [5, 5.41) is 20.1. The van der Waals surface area contributed by atoms with Gasteiger partial charge in [0.15, 0.2) is 11.5 Å². The van der Waals surface area contributed by atoms with E-state index < -0.39 is 6.04 Å². The largest absolute Gasteiger partial charge is 0.440 e. The van der Waals surface area contributed by atoms with Gasteiger partial charge in [0.05, 0.1) is 0 Å². The summed E-state index contributed by atoms with van der Waals surface area (Å²) in [6, 6.07) is 18.8. The predicted molar refractivity (Wildman–Crippen MR) is 175 cm³/mol. The third-order valence-corrected chi connectivity index (χ3v) is 9.32. The van der Waals surface area contributed by atoms with Crippen molar-refractivity contribution >= 4 is 28.6 Å². The molecule has 1 atom stereocenters. The molecule has 5 aromatic rings. The molecule has 0 spiro atoms. The van der Waals surface area contributed by atoms with E-state index >= 15 is 0 Å². The number of carbonyl (C=O) groups excluding carboxylic acids is 2. The van der Waals surface area contributed by atoms with Crippen molar-refractivity contribution in [3.8, 4) is 22.5 Å². The Morgan fingerprint density at radius 3 is 2.39 bits per heavy atom. The third kappa shape index (κ3) is 6.55. The zero-order valence-electron chi connectivity index (χ0n) is 25.8. The van der Waals surface area contributed by atoms with Crippen LogP contribution in [0.3, 0.4) is 0 Å². The molecule has 2 aliphatic rings. The highest BCUT2D eigenvalue weighted by Gasteiger charge is 2.30. The number of amides is 2. The average molecular weight is 619 g/mol. The van der Waals surface area contributed by atoms with Gasteiger partial charge in [-0.05, 0) is 122 Å². The Kier molecular flexibility index (Phi) is 8.32. The van der Waals surface area contributed by atoms with Crippen LogP contribution in [0.15, 0.2) is 65.1 Å². The van der Waals surface area contributed by atoms with E-state index in [1.165, 1.54) is 0 Å². The fraction of sp³-hybridized carbons (Fsp3) is 0.371. The minimum atomic E-state index is -0.753. The lowest BCUT2D eigenvalue weighted by Gasteiger charge is -2.28. The molecule has 0 aliphatic heterocycles. The second kappa shape index (κ2) is 12.8. The summed E-state index contributed by atoms with van der Waals surface area (Å²) in [6.45, 7) is 2.72. The maximum atomic E-state index is 13.7. The van der Waals surface area contributed by atoms with E-state index in [0.29, 0.717) is 36.3 Å². The van der Waals surface area contributed by atoms with Crippen LogP contribution in [0.25, 0.3) is 33.6 Å². The van der Waals surface area contributed by atoms with Gasteiger partial charge in [0.25, 0.3) is 0 Å². The Bertz CT molecular complexity index is 1820. The van der Waals surface area contributed by atoms with Crippen LogP contribution >= 0.6 is 0 Å². The maximum absolute atomic E-state index is 13.7. The molecule has 0 radical (unpaired) electrons. The van der Waals surface area contributed by atoms with Crippen molar-refractivity contribution in [2.45, 2.75) is 63.8 Å². The Hall–Kier alpha value is -4.90. The molecule has 2 amide bonds. The number of nitrogens with two attached hydrogens (primary N) is 1. The fourth-order valence-electron chi connectivity index (χ4n) is 6.34. The van der Waals surface area contributed by atoms with Gasteiger partial charge >= 0.3 is 0 Å². The van der Waals surface area contributed by atoms with E-state index in [9.17, 15) is 9.59 Å². The van der Waals surface area contributed by atoms with Crippen molar-refractivity contribution in [1.29, 1.82) is 0 Å². The van der Waals surface area contributed by atoms with Gasteiger partial charge in [0.2, 0.25) is 17.6 Å². The predicted octanol–water partition coefficient (Wildman–Crippen LogP) is 5.29. The summed E-state index contributed by atoms with van der Waals surface area (Å²) in [7, 11) is 0. The summed E-state index contributed by atoms with van der Waals surface area (Å²) >= 11 is 0. The fourth-order valence-corrected chi connectivity index (χ4v) is 6.34. The number of aryl methyl sites for hydroxylation is 1. The number of nitrogens with one attached hydrogen (secondary N) is 3. The number of hydrogen-bond donors (Lipinski definition) is 4. The van der Waals surface area contributed by atoms with Crippen molar-refractivity contribution < 1.29 is 14.0 Å². The highest BCUT2D eigenvalue weighted by molar-refractivity contribution is 5.97. The van der Waals surface area contributed by atoms with Crippen molar-refractivity contribution in [2.24, 2.45) is 17.6 Å². The molecule has 11 nitrogen and oxygen atoms in total. The molecule has 2 saturated carbocycles. The Balaban J connectivity index is 1.08. The minimum Gasteiger partial charge on any atom is -0.440 e. The van der Waals surface area contributed by atoms with Crippen molar-refractivity contribution in [2.75, 3.05) is 11.9 Å². The zero-order chi connectivity index (χ0) is 31.6. The number of H-pyrrole nitrogens is 1. The lowest BCUT2D eigenvalue weighted by Crippen LogP contribution is -2.48. The van der Waals surface area contributed by atoms with Gasteiger partial charge < -0.3 is 20.8 Å². The van der Waals surface area contributed by atoms with Crippen LogP contribution < -0.4 is 16.4 Å². The monoisotopic (exact) mass is 618 g/mol. The molecule has 7 rings (SSSR count). The first-order valence-corrected chi connectivity index (χ1v) is 16.1. The van der Waals surface area contributed by atoms with Crippen LogP contribution in [0, 0.1) is 18.8 Å². The highest BCUT2D eigenvalue weighted by Crippen LogP contribution is 2.41.